The van der Waals surface area contributed by atoms with Crippen molar-refractivity contribution in [3.05, 3.63) is 29.3 Å². The van der Waals surface area contributed by atoms with Crippen molar-refractivity contribution >= 4 is 17.8 Å². The van der Waals surface area contributed by atoms with Crippen LogP contribution in [0.15, 0.2) is 18.2 Å². The van der Waals surface area contributed by atoms with Gasteiger partial charge in [0.15, 0.2) is 0 Å². The van der Waals surface area contributed by atoms with E-state index in [0.29, 0.717) is 5.75 Å². The third-order valence-corrected chi connectivity index (χ3v) is 3.64. The molecule has 1 atom stereocenters. The van der Waals surface area contributed by atoms with Crippen LogP contribution in [0, 0.1) is 0 Å². The molecule has 0 spiro atoms. The molecule has 0 N–H and O–H groups in total. The number of carbonyl (C=O) groups excluding carboxylic acids is 3. The minimum Gasteiger partial charge on any atom is -0.497 e. The van der Waals surface area contributed by atoms with Crippen molar-refractivity contribution in [2.45, 2.75) is 19.0 Å². The Morgan fingerprint density at radius 2 is 1.82 bits per heavy atom. The third kappa shape index (κ3) is 2.88. The van der Waals surface area contributed by atoms with Gasteiger partial charge in [-0.05, 0) is 23.3 Å². The van der Waals surface area contributed by atoms with E-state index >= 15 is 0 Å². The van der Waals surface area contributed by atoms with Crippen molar-refractivity contribution in [1.29, 1.82) is 0 Å². The molecule has 0 aliphatic carbocycles. The molecule has 1 heterocycles. The van der Waals surface area contributed by atoms with Gasteiger partial charge in [-0.15, -0.1) is 0 Å². The Balaban J connectivity index is 2.38. The van der Waals surface area contributed by atoms with Crippen molar-refractivity contribution in [3.8, 4) is 5.75 Å². The van der Waals surface area contributed by atoms with Crippen LogP contribution in [0.1, 0.15) is 11.1 Å². The second kappa shape index (κ2) is 6.46. The summed E-state index contributed by atoms with van der Waals surface area (Å²) in [6.45, 7) is 0.111. The van der Waals surface area contributed by atoms with E-state index in [-0.39, 0.29) is 13.0 Å². The highest BCUT2D eigenvalue weighted by atomic mass is 16.5. The minimum absolute atomic E-state index is 0.111. The van der Waals surface area contributed by atoms with Crippen LogP contribution in [0.4, 0.5) is 0 Å². The lowest BCUT2D eigenvalue weighted by molar-refractivity contribution is -0.164. The Morgan fingerprint density at radius 1 is 1.09 bits per heavy atom. The molecule has 1 unspecified atom stereocenters. The number of methoxy groups -OCH3 is 3. The summed E-state index contributed by atoms with van der Waals surface area (Å²) in [4.78, 5) is 36.7. The van der Waals surface area contributed by atoms with Gasteiger partial charge in [-0.25, -0.2) is 9.59 Å². The molecule has 1 aliphatic heterocycles. The number of carbonyl (C=O) groups is 3. The maximum atomic E-state index is 12.1. The number of ether oxygens (including phenoxy) is 3. The van der Waals surface area contributed by atoms with E-state index < -0.39 is 23.9 Å². The summed E-state index contributed by atoms with van der Waals surface area (Å²) < 4.78 is 14.3. The van der Waals surface area contributed by atoms with E-state index in [0.717, 1.165) is 18.2 Å². The third-order valence-electron chi connectivity index (χ3n) is 3.64. The first-order valence-corrected chi connectivity index (χ1v) is 6.64. The zero-order valence-electron chi connectivity index (χ0n) is 12.6. The minimum atomic E-state index is -1.01. The smallest absolute Gasteiger partial charge is 0.396 e. The van der Waals surface area contributed by atoms with E-state index in [1.165, 1.54) is 12.0 Å². The molecule has 2 rings (SSSR count). The molecule has 0 bridgehead atoms. The predicted molar refractivity (Wildman–Crippen MR) is 75.1 cm³/mol. The van der Waals surface area contributed by atoms with Crippen LogP contribution in [0.2, 0.25) is 0 Å². The van der Waals surface area contributed by atoms with E-state index in [9.17, 15) is 14.4 Å². The molecule has 1 aromatic carbocycles. The summed E-state index contributed by atoms with van der Waals surface area (Å²) in [5.74, 6) is -1.81. The Bertz CT molecular complexity index is 612. The summed E-state index contributed by atoms with van der Waals surface area (Å²) in [7, 11) is 3.90. The summed E-state index contributed by atoms with van der Waals surface area (Å²) in [6, 6.07) is 4.55. The summed E-state index contributed by atoms with van der Waals surface area (Å²) >= 11 is 0. The summed E-state index contributed by atoms with van der Waals surface area (Å²) in [6.07, 6.45) is 0.273. The van der Waals surface area contributed by atoms with Crippen molar-refractivity contribution in [2.75, 3.05) is 21.3 Å². The van der Waals surface area contributed by atoms with Gasteiger partial charge in [0.05, 0.1) is 21.3 Å². The lowest BCUT2D eigenvalue weighted by Crippen LogP contribution is -2.51. The molecule has 0 fully saturated rings. The fourth-order valence-electron chi connectivity index (χ4n) is 2.45. The number of esters is 2. The molecule has 7 nitrogen and oxygen atoms in total. The van der Waals surface area contributed by atoms with Crippen LogP contribution >= 0.6 is 0 Å². The largest absolute Gasteiger partial charge is 0.497 e. The maximum absolute atomic E-state index is 12.1. The highest BCUT2D eigenvalue weighted by molar-refractivity contribution is 6.32. The molecule has 1 amide bonds. The highest BCUT2D eigenvalue weighted by Gasteiger charge is 2.38. The van der Waals surface area contributed by atoms with Crippen LogP contribution in [0.25, 0.3) is 0 Å². The lowest BCUT2D eigenvalue weighted by Gasteiger charge is -2.34. The lowest BCUT2D eigenvalue weighted by atomic mass is 9.93. The first-order chi connectivity index (χ1) is 10.5. The highest BCUT2D eigenvalue weighted by Crippen LogP contribution is 2.27. The number of hydrogen-bond donors (Lipinski definition) is 0. The quantitative estimate of drug-likeness (QED) is 0.577. The van der Waals surface area contributed by atoms with Gasteiger partial charge in [-0.3, -0.25) is 4.79 Å². The Hall–Kier alpha value is -2.57. The molecule has 0 radical (unpaired) electrons. The standard InChI is InChI=1S/C15H17NO6/c1-20-11-5-4-9-7-12(14(18)21-2)16(8-10(9)6-11)13(17)15(19)22-3/h4-6,12H,7-8H2,1-3H3. The van der Waals surface area contributed by atoms with Crippen LogP contribution in [-0.2, 0) is 36.8 Å². The molecular formula is C15H17NO6. The SMILES string of the molecule is COC(=O)C(=O)N1Cc2cc(OC)ccc2CC1C(=O)OC. The fraction of sp³-hybridized carbons (Fsp3) is 0.400. The summed E-state index contributed by atoms with van der Waals surface area (Å²) in [5, 5.41) is 0. The van der Waals surface area contributed by atoms with Crippen LogP contribution < -0.4 is 4.74 Å². The van der Waals surface area contributed by atoms with E-state index in [4.69, 9.17) is 9.47 Å². The first kappa shape index (κ1) is 15.8. The molecular weight excluding hydrogens is 290 g/mol. The monoisotopic (exact) mass is 307 g/mol. The second-order valence-electron chi connectivity index (χ2n) is 4.80. The van der Waals surface area contributed by atoms with Gasteiger partial charge in [-0.1, -0.05) is 6.07 Å². The van der Waals surface area contributed by atoms with Gasteiger partial charge in [0, 0.05) is 13.0 Å². The fourth-order valence-corrected chi connectivity index (χ4v) is 2.45. The van der Waals surface area contributed by atoms with Crippen molar-refractivity contribution < 1.29 is 28.6 Å². The maximum Gasteiger partial charge on any atom is 0.396 e. The van der Waals surface area contributed by atoms with E-state index in [2.05, 4.69) is 4.74 Å². The molecule has 0 saturated carbocycles. The average Bonchev–Trinajstić information content (AvgIpc) is 2.57. The van der Waals surface area contributed by atoms with Crippen LogP contribution in [-0.4, -0.2) is 50.1 Å². The Kier molecular flexibility index (Phi) is 4.65. The number of fused-ring (bicyclic) bond motifs is 1. The van der Waals surface area contributed by atoms with Gasteiger partial charge in [0.1, 0.15) is 11.8 Å². The zero-order valence-corrected chi connectivity index (χ0v) is 12.6. The number of rotatable bonds is 2. The van der Waals surface area contributed by atoms with Gasteiger partial charge in [0.2, 0.25) is 0 Å². The average molecular weight is 307 g/mol. The normalized spacial score (nSPS) is 16.5. The van der Waals surface area contributed by atoms with Gasteiger partial charge >= 0.3 is 17.8 Å². The predicted octanol–water partition coefficient (Wildman–Crippen LogP) is 0.294. The number of nitrogens with zero attached hydrogens (tertiary/aromatic N) is 1. The molecule has 1 aromatic rings. The molecule has 0 saturated heterocycles. The molecule has 0 aromatic heterocycles. The molecule has 118 valence electrons. The van der Waals surface area contributed by atoms with Crippen LogP contribution in [0.3, 0.4) is 0 Å². The second-order valence-corrected chi connectivity index (χ2v) is 4.80. The number of benzene rings is 1. The molecule has 7 heteroatoms. The van der Waals surface area contributed by atoms with Crippen molar-refractivity contribution in [3.63, 3.8) is 0 Å². The summed E-state index contributed by atoms with van der Waals surface area (Å²) in [5.41, 5.74) is 1.72. The van der Waals surface area contributed by atoms with Gasteiger partial charge in [-0.2, -0.15) is 0 Å². The number of hydrogen-bond acceptors (Lipinski definition) is 6. The van der Waals surface area contributed by atoms with Gasteiger partial charge < -0.3 is 19.1 Å². The van der Waals surface area contributed by atoms with Crippen molar-refractivity contribution in [2.24, 2.45) is 0 Å². The molecule has 1 aliphatic rings. The zero-order chi connectivity index (χ0) is 16.3. The van der Waals surface area contributed by atoms with E-state index in [1.54, 1.807) is 19.2 Å². The van der Waals surface area contributed by atoms with Gasteiger partial charge in [0.25, 0.3) is 0 Å². The van der Waals surface area contributed by atoms with Crippen LogP contribution in [0.5, 0.6) is 5.75 Å². The van der Waals surface area contributed by atoms with Crippen molar-refractivity contribution in [1.82, 2.24) is 4.90 Å². The topological polar surface area (TPSA) is 82.1 Å². The Morgan fingerprint density at radius 3 is 2.41 bits per heavy atom. The van der Waals surface area contributed by atoms with E-state index in [1.807, 2.05) is 6.07 Å². The first-order valence-electron chi connectivity index (χ1n) is 6.64. The molecule has 22 heavy (non-hydrogen) atoms. The number of amides is 1. The Labute approximate surface area is 127 Å².